The number of nitrogens with zero attached hydrogens (tertiary/aromatic N) is 2. The van der Waals surface area contributed by atoms with Crippen LogP contribution in [0.4, 0.5) is 5.95 Å². The van der Waals surface area contributed by atoms with Gasteiger partial charge >= 0.3 is 5.97 Å². The number of rotatable bonds is 7. The van der Waals surface area contributed by atoms with Crippen LogP contribution in [0.15, 0.2) is 49.6 Å². The summed E-state index contributed by atoms with van der Waals surface area (Å²) in [7, 11) is 0. The fourth-order valence-corrected chi connectivity index (χ4v) is 7.03. The molecule has 4 rings (SSSR count). The van der Waals surface area contributed by atoms with Gasteiger partial charge in [-0.05, 0) is 18.2 Å². The fourth-order valence-electron chi connectivity index (χ4n) is 3.25. The Balaban J connectivity index is 1.44. The SMILES string of the molecule is Nc1nc(SC2=C(C(=O)O)N3C(=O)[C@@H](NC(=O)CSc4cc(Cl)ccc4Cl)[C@H]3SC2)cc(=O)[nH]1. The number of halogens is 2. The van der Waals surface area contributed by atoms with Crippen LogP contribution >= 0.6 is 58.5 Å². The number of benzene rings is 1. The lowest BCUT2D eigenvalue weighted by Crippen LogP contribution is -2.70. The zero-order chi connectivity index (χ0) is 24.6. The zero-order valence-corrected chi connectivity index (χ0v) is 20.9. The number of β-lactam (4-membered cyclic amide) rings is 1. The summed E-state index contributed by atoms with van der Waals surface area (Å²) in [4.78, 5) is 57.2. The Morgan fingerprint density at radius 1 is 1.32 bits per heavy atom. The molecular weight excluding hydrogens is 545 g/mol. The van der Waals surface area contributed by atoms with Crippen LogP contribution in [0.25, 0.3) is 0 Å². The first-order valence-electron chi connectivity index (χ1n) is 9.47. The summed E-state index contributed by atoms with van der Waals surface area (Å²) in [5, 5.41) is 13.0. The van der Waals surface area contributed by atoms with E-state index in [1.165, 1.54) is 29.6 Å². The molecule has 178 valence electrons. The number of amides is 2. The molecule has 15 heteroatoms. The van der Waals surface area contributed by atoms with E-state index in [0.717, 1.165) is 16.7 Å². The number of carbonyl (C=O) groups is 3. The first-order chi connectivity index (χ1) is 16.1. The molecule has 2 atom stereocenters. The lowest BCUT2D eigenvalue weighted by molar-refractivity contribution is -0.150. The molecule has 10 nitrogen and oxygen atoms in total. The molecule has 3 heterocycles. The van der Waals surface area contributed by atoms with Crippen LogP contribution < -0.4 is 16.6 Å². The number of nitrogens with two attached hydrogens (primary N) is 1. The smallest absolute Gasteiger partial charge is 0.353 e. The number of nitrogens with one attached hydrogen (secondary N) is 2. The number of carboxylic acids is 1. The van der Waals surface area contributed by atoms with Gasteiger partial charge in [-0.15, -0.1) is 23.5 Å². The van der Waals surface area contributed by atoms with Gasteiger partial charge in [0.2, 0.25) is 11.9 Å². The van der Waals surface area contributed by atoms with Crippen molar-refractivity contribution in [2.45, 2.75) is 21.3 Å². The maximum atomic E-state index is 12.8. The monoisotopic (exact) mass is 559 g/mol. The van der Waals surface area contributed by atoms with E-state index in [9.17, 15) is 24.3 Å². The van der Waals surface area contributed by atoms with Gasteiger partial charge in [-0.25, -0.2) is 9.78 Å². The van der Waals surface area contributed by atoms with Gasteiger partial charge in [-0.1, -0.05) is 35.0 Å². The Morgan fingerprint density at radius 2 is 2.09 bits per heavy atom. The number of carboxylic acid groups (broad SMARTS) is 1. The van der Waals surface area contributed by atoms with Crippen molar-refractivity contribution in [3.8, 4) is 0 Å². The van der Waals surface area contributed by atoms with E-state index < -0.39 is 34.8 Å². The normalized spacial score (nSPS) is 19.5. The van der Waals surface area contributed by atoms with Crippen molar-refractivity contribution >= 4 is 82.2 Å². The molecule has 1 fully saturated rings. The van der Waals surface area contributed by atoms with E-state index in [0.29, 0.717) is 19.8 Å². The molecule has 5 N–H and O–H groups in total. The third kappa shape index (κ3) is 5.18. The van der Waals surface area contributed by atoms with E-state index in [4.69, 9.17) is 28.9 Å². The minimum atomic E-state index is -1.30. The number of H-pyrrole nitrogens is 1. The average molecular weight is 560 g/mol. The Kier molecular flexibility index (Phi) is 7.38. The van der Waals surface area contributed by atoms with E-state index in [-0.39, 0.29) is 28.2 Å². The zero-order valence-electron chi connectivity index (χ0n) is 16.9. The lowest BCUT2D eigenvalue weighted by Gasteiger charge is -2.49. The maximum Gasteiger partial charge on any atom is 0.353 e. The number of hydrogen-bond donors (Lipinski definition) is 4. The Morgan fingerprint density at radius 3 is 2.79 bits per heavy atom. The first-order valence-corrected chi connectivity index (χ1v) is 13.1. The van der Waals surface area contributed by atoms with Crippen LogP contribution in [-0.2, 0) is 14.4 Å². The van der Waals surface area contributed by atoms with Gasteiger partial charge in [0.25, 0.3) is 11.5 Å². The molecule has 34 heavy (non-hydrogen) atoms. The molecule has 0 spiro atoms. The minimum absolute atomic E-state index is 0.000394. The summed E-state index contributed by atoms with van der Waals surface area (Å²) in [6.45, 7) is 0. The molecule has 0 bridgehead atoms. The molecule has 1 saturated heterocycles. The Bertz CT molecular complexity index is 1290. The molecular formula is C19H15Cl2N5O5S3. The summed E-state index contributed by atoms with van der Waals surface area (Å²) < 4.78 is 0. The molecule has 0 aliphatic carbocycles. The van der Waals surface area contributed by atoms with Crippen LogP contribution in [0.3, 0.4) is 0 Å². The van der Waals surface area contributed by atoms with Crippen molar-refractivity contribution in [1.29, 1.82) is 0 Å². The number of anilines is 1. The number of aromatic nitrogens is 2. The quantitative estimate of drug-likeness (QED) is 0.225. The fraction of sp³-hybridized carbons (Fsp3) is 0.211. The largest absolute Gasteiger partial charge is 0.477 e. The van der Waals surface area contributed by atoms with Gasteiger partial charge in [0.15, 0.2) is 0 Å². The number of aromatic amines is 1. The highest BCUT2D eigenvalue weighted by molar-refractivity contribution is 8.06. The van der Waals surface area contributed by atoms with Crippen LogP contribution in [0.1, 0.15) is 0 Å². The average Bonchev–Trinajstić information content (AvgIpc) is 2.76. The minimum Gasteiger partial charge on any atom is -0.477 e. The summed E-state index contributed by atoms with van der Waals surface area (Å²) in [6, 6.07) is 5.23. The van der Waals surface area contributed by atoms with Crippen molar-refractivity contribution in [1.82, 2.24) is 20.2 Å². The second-order valence-electron chi connectivity index (χ2n) is 6.97. The van der Waals surface area contributed by atoms with Gasteiger partial charge in [-0.2, -0.15) is 0 Å². The number of aliphatic carboxylic acids is 1. The second kappa shape index (κ2) is 10.1. The van der Waals surface area contributed by atoms with E-state index >= 15 is 0 Å². The van der Waals surface area contributed by atoms with Crippen molar-refractivity contribution in [3.05, 3.63) is 55.3 Å². The van der Waals surface area contributed by atoms with E-state index in [1.54, 1.807) is 18.2 Å². The van der Waals surface area contributed by atoms with Gasteiger partial charge in [0.05, 0.1) is 10.8 Å². The Hall–Kier alpha value is -2.32. The van der Waals surface area contributed by atoms with E-state index in [1.807, 2.05) is 0 Å². The lowest BCUT2D eigenvalue weighted by atomic mass is 10.1. The molecule has 1 aromatic heterocycles. The number of nitrogen functional groups attached to an aromatic ring is 1. The van der Waals surface area contributed by atoms with Crippen LogP contribution in [0.2, 0.25) is 10.0 Å². The highest BCUT2D eigenvalue weighted by Gasteiger charge is 2.54. The summed E-state index contributed by atoms with van der Waals surface area (Å²) in [6.07, 6.45) is 0. The molecule has 2 aliphatic rings. The van der Waals surface area contributed by atoms with Crippen LogP contribution in [-0.4, -0.2) is 60.7 Å². The maximum absolute atomic E-state index is 12.8. The van der Waals surface area contributed by atoms with E-state index in [2.05, 4.69) is 15.3 Å². The second-order valence-corrected chi connectivity index (χ2v) is 11.0. The highest BCUT2D eigenvalue weighted by atomic mass is 35.5. The van der Waals surface area contributed by atoms with Gasteiger partial charge < -0.3 is 16.2 Å². The number of hydrogen-bond acceptors (Lipinski definition) is 9. The number of carbonyl (C=O) groups excluding carboxylic acids is 2. The Labute approximate surface area is 215 Å². The third-order valence-corrected chi connectivity index (χ3v) is 8.87. The molecule has 0 saturated carbocycles. The van der Waals surface area contributed by atoms with Crippen molar-refractivity contribution in [2.24, 2.45) is 0 Å². The van der Waals surface area contributed by atoms with Gasteiger partial charge in [0.1, 0.15) is 22.1 Å². The van der Waals surface area contributed by atoms with Crippen molar-refractivity contribution in [2.75, 3.05) is 17.2 Å². The molecule has 0 unspecified atom stereocenters. The molecule has 0 radical (unpaired) electrons. The number of thioether (sulfide) groups is 3. The number of fused-ring (bicyclic) bond motifs is 1. The first kappa shape index (κ1) is 24.8. The predicted molar refractivity (Wildman–Crippen MR) is 132 cm³/mol. The summed E-state index contributed by atoms with van der Waals surface area (Å²) in [5.41, 5.74) is 4.86. The highest BCUT2D eigenvalue weighted by Crippen LogP contribution is 2.44. The van der Waals surface area contributed by atoms with Gasteiger partial charge in [-0.3, -0.25) is 24.3 Å². The molecule has 2 aromatic rings. The predicted octanol–water partition coefficient (Wildman–Crippen LogP) is 2.24. The summed E-state index contributed by atoms with van der Waals surface area (Å²) in [5.74, 6) is -2.09. The van der Waals surface area contributed by atoms with Crippen molar-refractivity contribution < 1.29 is 19.5 Å². The summed E-state index contributed by atoms with van der Waals surface area (Å²) >= 11 is 15.5. The van der Waals surface area contributed by atoms with Crippen molar-refractivity contribution in [3.63, 3.8) is 0 Å². The van der Waals surface area contributed by atoms with Gasteiger partial charge in [0, 0.05) is 26.6 Å². The van der Waals surface area contributed by atoms with Crippen LogP contribution in [0.5, 0.6) is 0 Å². The topological polar surface area (TPSA) is 158 Å². The van der Waals surface area contributed by atoms with Crippen LogP contribution in [0, 0.1) is 0 Å². The molecule has 1 aromatic carbocycles. The third-order valence-electron chi connectivity index (χ3n) is 4.67. The molecule has 2 amide bonds. The standard InChI is InChI=1S/C19H15Cl2N5O5S3/c20-7-1-2-8(21)9(3-7)32-6-12(28)23-14-16(29)26-15(18(30)31)10(5-33-17(14)26)34-13-4-11(27)24-19(22)25-13/h1-4,14,17H,5-6H2,(H,23,28)(H,30,31)(H3,22,24,25,27)/t14-,17-/m1/s1. The molecule has 2 aliphatic heterocycles.